The predicted molar refractivity (Wildman–Crippen MR) is 79.0 cm³/mol. The van der Waals surface area contributed by atoms with Gasteiger partial charge in [-0.3, -0.25) is 15.1 Å². The van der Waals surface area contributed by atoms with Gasteiger partial charge in [0.05, 0.1) is 5.56 Å². The third kappa shape index (κ3) is 2.35. The Labute approximate surface area is 125 Å². The van der Waals surface area contributed by atoms with Gasteiger partial charge in [0, 0.05) is 11.6 Å². The Morgan fingerprint density at radius 3 is 2.90 bits per heavy atom. The zero-order valence-corrected chi connectivity index (χ0v) is 12.3. The SMILES string of the molecule is O=C(Nc1nnc(Br)s1)c1ccc2cccnc2c1O. The summed E-state index contributed by atoms with van der Waals surface area (Å²) in [6.45, 7) is 0. The molecule has 0 saturated heterocycles. The van der Waals surface area contributed by atoms with E-state index in [4.69, 9.17) is 0 Å². The minimum Gasteiger partial charge on any atom is -0.505 e. The second kappa shape index (κ2) is 5.14. The molecule has 0 bridgehead atoms. The number of carbonyl (C=O) groups excluding carboxylic acids is 1. The van der Waals surface area contributed by atoms with Gasteiger partial charge in [-0.1, -0.05) is 23.5 Å². The highest BCUT2D eigenvalue weighted by Gasteiger charge is 2.16. The van der Waals surface area contributed by atoms with Crippen molar-refractivity contribution in [3.63, 3.8) is 0 Å². The maximum Gasteiger partial charge on any atom is 0.261 e. The Bertz CT molecular complexity index is 805. The second-order valence-electron chi connectivity index (χ2n) is 3.85. The summed E-state index contributed by atoms with van der Waals surface area (Å²) >= 11 is 4.35. The molecule has 8 heteroatoms. The van der Waals surface area contributed by atoms with Gasteiger partial charge in [-0.25, -0.2) is 0 Å². The molecule has 0 fully saturated rings. The van der Waals surface area contributed by atoms with Crippen LogP contribution in [0.4, 0.5) is 5.13 Å². The first kappa shape index (κ1) is 12.9. The van der Waals surface area contributed by atoms with Crippen LogP contribution < -0.4 is 5.32 Å². The van der Waals surface area contributed by atoms with Crippen LogP contribution >= 0.6 is 27.3 Å². The number of hydrogen-bond donors (Lipinski definition) is 2. The smallest absolute Gasteiger partial charge is 0.261 e. The van der Waals surface area contributed by atoms with Crippen molar-refractivity contribution >= 4 is 49.2 Å². The molecule has 0 saturated carbocycles. The number of benzene rings is 1. The van der Waals surface area contributed by atoms with Gasteiger partial charge in [0.25, 0.3) is 5.91 Å². The molecule has 100 valence electrons. The standard InChI is InChI=1S/C12H7BrN4O2S/c13-11-16-17-12(20-11)15-10(19)7-4-3-6-2-1-5-14-8(6)9(7)18/h1-5,18H,(H,15,17,19). The van der Waals surface area contributed by atoms with E-state index in [0.717, 1.165) is 5.39 Å². The largest absolute Gasteiger partial charge is 0.505 e. The molecule has 2 N–H and O–H groups in total. The second-order valence-corrected chi connectivity index (χ2v) is 6.10. The van der Waals surface area contributed by atoms with Crippen LogP contribution in [0.15, 0.2) is 34.4 Å². The molecule has 0 atom stereocenters. The maximum atomic E-state index is 12.1. The summed E-state index contributed by atoms with van der Waals surface area (Å²) in [6, 6.07) is 6.85. The molecular formula is C12H7BrN4O2S. The van der Waals surface area contributed by atoms with Crippen molar-refractivity contribution in [3.05, 3.63) is 39.9 Å². The molecule has 3 rings (SSSR count). The van der Waals surface area contributed by atoms with E-state index in [-0.39, 0.29) is 11.3 Å². The Balaban J connectivity index is 1.97. The molecule has 3 aromatic rings. The quantitative estimate of drug-likeness (QED) is 0.741. The number of pyridine rings is 1. The molecule has 20 heavy (non-hydrogen) atoms. The third-order valence-electron chi connectivity index (χ3n) is 2.61. The highest BCUT2D eigenvalue weighted by atomic mass is 79.9. The first-order valence-electron chi connectivity index (χ1n) is 5.52. The Morgan fingerprint density at radius 2 is 2.15 bits per heavy atom. The molecule has 2 heterocycles. The van der Waals surface area contributed by atoms with Crippen molar-refractivity contribution in [3.8, 4) is 5.75 Å². The van der Waals surface area contributed by atoms with Crippen LogP contribution in [0.2, 0.25) is 0 Å². The average molecular weight is 351 g/mol. The van der Waals surface area contributed by atoms with Gasteiger partial charge < -0.3 is 5.11 Å². The molecule has 0 aliphatic carbocycles. The minimum absolute atomic E-state index is 0.141. The molecule has 2 aromatic heterocycles. The van der Waals surface area contributed by atoms with E-state index in [2.05, 4.69) is 36.4 Å². The number of fused-ring (bicyclic) bond motifs is 1. The highest BCUT2D eigenvalue weighted by molar-refractivity contribution is 9.11. The van der Waals surface area contributed by atoms with Gasteiger partial charge in [0.2, 0.25) is 5.13 Å². The molecule has 0 spiro atoms. The van der Waals surface area contributed by atoms with Crippen molar-refractivity contribution in [2.75, 3.05) is 5.32 Å². The van der Waals surface area contributed by atoms with Crippen LogP contribution in [-0.4, -0.2) is 26.2 Å². The fourth-order valence-corrected chi connectivity index (χ4v) is 2.74. The number of aromatic nitrogens is 3. The summed E-state index contributed by atoms with van der Waals surface area (Å²) in [5.74, 6) is -0.608. The van der Waals surface area contributed by atoms with E-state index >= 15 is 0 Å². The van der Waals surface area contributed by atoms with Crippen LogP contribution in [0.25, 0.3) is 10.9 Å². The monoisotopic (exact) mass is 350 g/mol. The Morgan fingerprint density at radius 1 is 1.30 bits per heavy atom. The zero-order valence-electron chi connectivity index (χ0n) is 9.87. The number of halogens is 1. The molecule has 0 aliphatic heterocycles. The van der Waals surface area contributed by atoms with Crippen molar-refractivity contribution in [2.45, 2.75) is 0 Å². The summed E-state index contributed by atoms with van der Waals surface area (Å²) in [6.07, 6.45) is 1.56. The summed E-state index contributed by atoms with van der Waals surface area (Å²) in [5.41, 5.74) is 0.529. The van der Waals surface area contributed by atoms with Gasteiger partial charge in [-0.2, -0.15) is 0 Å². The fourth-order valence-electron chi connectivity index (χ4n) is 1.73. The molecular weight excluding hydrogens is 344 g/mol. The average Bonchev–Trinajstić information content (AvgIpc) is 2.84. The number of carbonyl (C=O) groups is 1. The first-order valence-corrected chi connectivity index (χ1v) is 7.13. The third-order valence-corrected chi connectivity index (χ3v) is 3.88. The fraction of sp³-hybridized carbons (Fsp3) is 0. The van der Waals surface area contributed by atoms with Crippen LogP contribution in [0.1, 0.15) is 10.4 Å². The summed E-state index contributed by atoms with van der Waals surface area (Å²) in [4.78, 5) is 16.2. The van der Waals surface area contributed by atoms with Crippen molar-refractivity contribution < 1.29 is 9.90 Å². The Hall–Kier alpha value is -2.06. The molecule has 1 amide bonds. The van der Waals surface area contributed by atoms with Crippen LogP contribution in [0, 0.1) is 0 Å². The van der Waals surface area contributed by atoms with E-state index in [1.165, 1.54) is 11.3 Å². The summed E-state index contributed by atoms with van der Waals surface area (Å²) < 4.78 is 0.567. The predicted octanol–water partition coefficient (Wildman–Crippen LogP) is 2.81. The maximum absolute atomic E-state index is 12.1. The lowest BCUT2D eigenvalue weighted by Gasteiger charge is -2.06. The van der Waals surface area contributed by atoms with Gasteiger partial charge in [0.15, 0.2) is 9.67 Å². The lowest BCUT2D eigenvalue weighted by atomic mass is 10.1. The van der Waals surface area contributed by atoms with Gasteiger partial charge in [-0.05, 0) is 28.1 Å². The number of rotatable bonds is 2. The van der Waals surface area contributed by atoms with Crippen LogP contribution in [0.5, 0.6) is 5.75 Å². The normalized spacial score (nSPS) is 10.7. The van der Waals surface area contributed by atoms with Gasteiger partial charge in [0.1, 0.15) is 5.52 Å². The molecule has 0 radical (unpaired) electrons. The van der Waals surface area contributed by atoms with E-state index in [0.29, 0.717) is 14.6 Å². The number of anilines is 1. The molecule has 6 nitrogen and oxygen atoms in total. The van der Waals surface area contributed by atoms with E-state index < -0.39 is 5.91 Å². The highest BCUT2D eigenvalue weighted by Crippen LogP contribution is 2.28. The number of amides is 1. The topological polar surface area (TPSA) is 88.0 Å². The summed E-state index contributed by atoms with van der Waals surface area (Å²) in [5, 5.41) is 21.3. The lowest BCUT2D eigenvalue weighted by molar-refractivity contribution is 0.102. The van der Waals surface area contributed by atoms with Crippen LogP contribution in [-0.2, 0) is 0 Å². The van der Waals surface area contributed by atoms with Crippen molar-refractivity contribution in [1.29, 1.82) is 0 Å². The number of hydrogen-bond acceptors (Lipinski definition) is 6. The molecule has 1 aromatic carbocycles. The van der Waals surface area contributed by atoms with Crippen LogP contribution in [0.3, 0.4) is 0 Å². The molecule has 0 unspecified atom stereocenters. The van der Waals surface area contributed by atoms with E-state index in [1.54, 1.807) is 24.4 Å². The lowest BCUT2D eigenvalue weighted by Crippen LogP contribution is -2.12. The van der Waals surface area contributed by atoms with E-state index in [1.807, 2.05) is 6.07 Å². The summed E-state index contributed by atoms with van der Waals surface area (Å²) in [7, 11) is 0. The number of nitrogens with one attached hydrogen (secondary N) is 1. The number of phenols is 1. The zero-order chi connectivity index (χ0) is 14.1. The van der Waals surface area contributed by atoms with Crippen molar-refractivity contribution in [1.82, 2.24) is 15.2 Å². The van der Waals surface area contributed by atoms with Gasteiger partial charge >= 0.3 is 0 Å². The van der Waals surface area contributed by atoms with Gasteiger partial charge in [-0.15, -0.1) is 10.2 Å². The van der Waals surface area contributed by atoms with E-state index in [9.17, 15) is 9.90 Å². The Kier molecular flexibility index (Phi) is 3.33. The minimum atomic E-state index is -0.460. The molecule has 0 aliphatic rings. The number of nitrogens with zero attached hydrogens (tertiary/aromatic N) is 3. The van der Waals surface area contributed by atoms with Crippen molar-refractivity contribution in [2.24, 2.45) is 0 Å². The first-order chi connectivity index (χ1) is 9.65. The number of phenolic OH excluding ortho intramolecular Hbond substituents is 1. The number of aromatic hydroxyl groups is 1.